The Bertz CT molecular complexity index is 1220. The molecule has 3 atom stereocenters. The van der Waals surface area contributed by atoms with Crippen LogP contribution in [0.1, 0.15) is 42.6 Å². The maximum absolute atomic E-state index is 14.2. The lowest BCUT2D eigenvalue weighted by Crippen LogP contribution is -2.42. The van der Waals surface area contributed by atoms with Gasteiger partial charge >= 0.3 is 5.92 Å². The van der Waals surface area contributed by atoms with Gasteiger partial charge < -0.3 is 19.7 Å². The van der Waals surface area contributed by atoms with Gasteiger partial charge in [0.1, 0.15) is 5.75 Å². The second-order valence-electron chi connectivity index (χ2n) is 9.17. The second-order valence-corrected chi connectivity index (χ2v) is 9.17. The van der Waals surface area contributed by atoms with Crippen molar-refractivity contribution in [3.05, 3.63) is 47.3 Å². The molecule has 1 N–H and O–H groups in total. The van der Waals surface area contributed by atoms with Crippen molar-refractivity contribution in [3.8, 4) is 5.75 Å². The standard InChI is InChI=1S/C24H25F2N5O2/c1-13(18-4-3-5-20-22(18)32-12-24(20,25)26)28-23-19-8-15(9-27-21(19)14(2)29-30-23)31-10-16-6-7-17(11-31)33-16/h3-5,8-9,13,16-17H,6-7,10-12H2,1-2H3,(H,28,30)/t13-,16?,17?/m1/s1. The Hall–Kier alpha value is -3.07. The van der Waals surface area contributed by atoms with E-state index in [0.717, 1.165) is 48.2 Å². The highest BCUT2D eigenvalue weighted by Crippen LogP contribution is 2.45. The summed E-state index contributed by atoms with van der Waals surface area (Å²) in [6, 6.07) is 6.63. The molecule has 2 aromatic heterocycles. The molecule has 172 valence electrons. The van der Waals surface area contributed by atoms with Gasteiger partial charge in [-0.15, -0.1) is 5.10 Å². The van der Waals surface area contributed by atoms with Crippen molar-refractivity contribution < 1.29 is 18.3 Å². The van der Waals surface area contributed by atoms with E-state index >= 15 is 0 Å². The minimum absolute atomic E-state index is 0.0700. The highest BCUT2D eigenvalue weighted by atomic mass is 19.3. The molecule has 3 aromatic rings. The summed E-state index contributed by atoms with van der Waals surface area (Å²) in [7, 11) is 0. The molecule has 6 rings (SSSR count). The number of aryl methyl sites for hydroxylation is 1. The molecule has 1 aromatic carbocycles. The van der Waals surface area contributed by atoms with E-state index in [-0.39, 0.29) is 29.6 Å². The number of hydrogen-bond donors (Lipinski definition) is 1. The molecule has 3 aliphatic heterocycles. The first-order valence-electron chi connectivity index (χ1n) is 11.3. The molecular formula is C24H25F2N5O2. The summed E-state index contributed by atoms with van der Waals surface area (Å²) in [5.74, 6) is -2.16. The molecule has 2 fully saturated rings. The van der Waals surface area contributed by atoms with Crippen LogP contribution in [-0.2, 0) is 10.7 Å². The fourth-order valence-corrected chi connectivity index (χ4v) is 5.12. The van der Waals surface area contributed by atoms with E-state index in [4.69, 9.17) is 14.5 Å². The third-order valence-corrected chi connectivity index (χ3v) is 6.84. The molecule has 2 unspecified atom stereocenters. The zero-order chi connectivity index (χ0) is 22.7. The predicted molar refractivity (Wildman–Crippen MR) is 120 cm³/mol. The zero-order valence-electron chi connectivity index (χ0n) is 18.5. The van der Waals surface area contributed by atoms with E-state index < -0.39 is 12.5 Å². The normalized spacial score (nSPS) is 23.9. The number of rotatable bonds is 4. The molecule has 33 heavy (non-hydrogen) atoms. The maximum atomic E-state index is 14.2. The highest BCUT2D eigenvalue weighted by molar-refractivity contribution is 5.92. The van der Waals surface area contributed by atoms with Crippen molar-refractivity contribution in [3.63, 3.8) is 0 Å². The molecule has 0 radical (unpaired) electrons. The van der Waals surface area contributed by atoms with Crippen molar-refractivity contribution in [1.29, 1.82) is 0 Å². The van der Waals surface area contributed by atoms with Crippen LogP contribution in [0.15, 0.2) is 30.5 Å². The lowest BCUT2D eigenvalue weighted by molar-refractivity contribution is -0.0214. The second kappa shape index (κ2) is 7.48. The molecule has 2 bridgehead atoms. The first-order chi connectivity index (χ1) is 15.9. The van der Waals surface area contributed by atoms with Gasteiger partial charge in [0.25, 0.3) is 0 Å². The summed E-state index contributed by atoms with van der Waals surface area (Å²) < 4.78 is 39.7. The number of para-hydroxylation sites is 1. The summed E-state index contributed by atoms with van der Waals surface area (Å²) in [5.41, 5.74) is 3.11. The molecule has 0 amide bonds. The van der Waals surface area contributed by atoms with Crippen molar-refractivity contribution in [2.24, 2.45) is 0 Å². The zero-order valence-corrected chi connectivity index (χ0v) is 18.5. The van der Waals surface area contributed by atoms with Crippen molar-refractivity contribution in [2.75, 3.05) is 29.9 Å². The molecule has 2 saturated heterocycles. The average Bonchev–Trinajstić information content (AvgIpc) is 3.32. The fourth-order valence-electron chi connectivity index (χ4n) is 5.12. The van der Waals surface area contributed by atoms with Crippen LogP contribution in [0.3, 0.4) is 0 Å². The molecule has 0 saturated carbocycles. The van der Waals surface area contributed by atoms with Crippen LogP contribution in [0, 0.1) is 6.92 Å². The van der Waals surface area contributed by atoms with Gasteiger partial charge in [-0.2, -0.15) is 13.9 Å². The van der Waals surface area contributed by atoms with E-state index in [1.807, 2.05) is 20.0 Å². The summed E-state index contributed by atoms with van der Waals surface area (Å²) in [4.78, 5) is 7.02. The largest absolute Gasteiger partial charge is 0.486 e. The molecule has 0 spiro atoms. The Labute approximate surface area is 190 Å². The fraction of sp³-hybridized carbons (Fsp3) is 0.458. The number of fused-ring (bicyclic) bond motifs is 4. The number of nitrogens with zero attached hydrogens (tertiary/aromatic N) is 4. The van der Waals surface area contributed by atoms with Crippen LogP contribution < -0.4 is 15.0 Å². The van der Waals surface area contributed by atoms with E-state index in [2.05, 4.69) is 26.5 Å². The third-order valence-electron chi connectivity index (χ3n) is 6.84. The third kappa shape index (κ3) is 3.45. The van der Waals surface area contributed by atoms with Crippen LogP contribution in [0.4, 0.5) is 20.3 Å². The molecule has 3 aliphatic rings. The van der Waals surface area contributed by atoms with Gasteiger partial charge in [-0.1, -0.05) is 12.1 Å². The Balaban J connectivity index is 1.35. The van der Waals surface area contributed by atoms with Gasteiger partial charge in [-0.3, -0.25) is 4.98 Å². The summed E-state index contributed by atoms with van der Waals surface area (Å²) in [6.45, 7) is 4.85. The highest BCUT2D eigenvalue weighted by Gasteiger charge is 2.43. The first-order valence-corrected chi connectivity index (χ1v) is 11.3. The molecular weight excluding hydrogens is 428 g/mol. The van der Waals surface area contributed by atoms with Gasteiger partial charge in [0.2, 0.25) is 0 Å². The summed E-state index contributed by atoms with van der Waals surface area (Å²) in [5, 5.41) is 12.9. The number of nitrogens with one attached hydrogen (secondary N) is 1. The quantitative estimate of drug-likeness (QED) is 0.629. The van der Waals surface area contributed by atoms with E-state index in [1.165, 1.54) is 6.07 Å². The molecule has 0 aliphatic carbocycles. The van der Waals surface area contributed by atoms with Crippen LogP contribution >= 0.6 is 0 Å². The topological polar surface area (TPSA) is 72.4 Å². The SMILES string of the molecule is Cc1nnc(N[C@H](C)c2cccc3c2OCC3(F)F)c2cc(N3CC4CCC(C3)O4)cnc12. The summed E-state index contributed by atoms with van der Waals surface area (Å²) >= 11 is 0. The Morgan fingerprint density at radius 1 is 1.18 bits per heavy atom. The van der Waals surface area contributed by atoms with Crippen LogP contribution in [0.25, 0.3) is 10.9 Å². The number of halogens is 2. The molecule has 9 heteroatoms. The minimum Gasteiger partial charge on any atom is -0.486 e. The van der Waals surface area contributed by atoms with Gasteiger partial charge in [-0.05, 0) is 38.8 Å². The molecule has 5 heterocycles. The number of benzene rings is 1. The number of anilines is 2. The maximum Gasteiger partial charge on any atom is 0.310 e. The lowest BCUT2D eigenvalue weighted by Gasteiger charge is -2.33. The van der Waals surface area contributed by atoms with E-state index in [9.17, 15) is 8.78 Å². The molecule has 7 nitrogen and oxygen atoms in total. The smallest absolute Gasteiger partial charge is 0.310 e. The van der Waals surface area contributed by atoms with Crippen molar-refractivity contribution >= 4 is 22.4 Å². The Kier molecular flexibility index (Phi) is 4.65. The van der Waals surface area contributed by atoms with Gasteiger partial charge in [0.05, 0.1) is 46.9 Å². The Morgan fingerprint density at radius 2 is 1.97 bits per heavy atom. The van der Waals surface area contributed by atoms with Gasteiger partial charge in [0.15, 0.2) is 12.4 Å². The minimum atomic E-state index is -2.97. The summed E-state index contributed by atoms with van der Waals surface area (Å²) in [6.07, 6.45) is 4.62. The monoisotopic (exact) mass is 453 g/mol. The number of pyridine rings is 1. The van der Waals surface area contributed by atoms with Gasteiger partial charge in [-0.25, -0.2) is 0 Å². The van der Waals surface area contributed by atoms with Crippen molar-refractivity contribution in [1.82, 2.24) is 15.2 Å². The number of morpholine rings is 1. The van der Waals surface area contributed by atoms with Crippen LogP contribution in [0.5, 0.6) is 5.75 Å². The van der Waals surface area contributed by atoms with E-state index in [0.29, 0.717) is 11.4 Å². The van der Waals surface area contributed by atoms with Gasteiger partial charge in [0, 0.05) is 24.0 Å². The van der Waals surface area contributed by atoms with Crippen LogP contribution in [-0.4, -0.2) is 47.1 Å². The number of alkyl halides is 2. The average molecular weight is 453 g/mol. The van der Waals surface area contributed by atoms with Crippen LogP contribution in [0.2, 0.25) is 0 Å². The Morgan fingerprint density at radius 3 is 2.76 bits per heavy atom. The number of aromatic nitrogens is 3. The lowest BCUT2D eigenvalue weighted by atomic mass is 10.0. The number of hydrogen-bond acceptors (Lipinski definition) is 7. The first kappa shape index (κ1) is 20.5. The number of ether oxygens (including phenoxy) is 2. The predicted octanol–water partition coefficient (Wildman–Crippen LogP) is 4.36. The van der Waals surface area contributed by atoms with E-state index in [1.54, 1.807) is 12.1 Å². The van der Waals surface area contributed by atoms with Crippen molar-refractivity contribution in [2.45, 2.75) is 50.9 Å².